The van der Waals surface area contributed by atoms with E-state index in [9.17, 15) is 18.4 Å². The molecule has 0 aromatic heterocycles. The zero-order valence-corrected chi connectivity index (χ0v) is 15.6. The van der Waals surface area contributed by atoms with Crippen LogP contribution < -0.4 is 10.6 Å². The standard InChI is InChI=1S/C19H16Cl2F2N2O2/c20-15-3-1-2-11(17(15)21)13-9-14(13)19(27)25-7-6-24-18(26)12-5-4-10(22)8-16(12)23/h1-5,8,13-14H,6-7,9H2,(H,24,26)(H,25,27). The fourth-order valence-corrected chi connectivity index (χ4v) is 3.34. The Morgan fingerprint density at radius 1 is 1.07 bits per heavy atom. The molecule has 27 heavy (non-hydrogen) atoms. The Kier molecular flexibility index (Phi) is 5.97. The van der Waals surface area contributed by atoms with Gasteiger partial charge in [0.05, 0.1) is 15.6 Å². The van der Waals surface area contributed by atoms with Gasteiger partial charge >= 0.3 is 0 Å². The van der Waals surface area contributed by atoms with Crippen molar-refractivity contribution in [1.82, 2.24) is 10.6 Å². The van der Waals surface area contributed by atoms with E-state index in [1.165, 1.54) is 0 Å². The van der Waals surface area contributed by atoms with E-state index < -0.39 is 17.5 Å². The van der Waals surface area contributed by atoms with E-state index in [0.29, 0.717) is 22.5 Å². The van der Waals surface area contributed by atoms with E-state index in [-0.39, 0.29) is 36.4 Å². The average Bonchev–Trinajstić information content (AvgIpc) is 3.41. The van der Waals surface area contributed by atoms with E-state index >= 15 is 0 Å². The molecule has 0 radical (unpaired) electrons. The number of amides is 2. The van der Waals surface area contributed by atoms with Gasteiger partial charge in [0.1, 0.15) is 11.6 Å². The monoisotopic (exact) mass is 412 g/mol. The van der Waals surface area contributed by atoms with Crippen LogP contribution in [0.5, 0.6) is 0 Å². The number of carbonyl (C=O) groups excluding carboxylic acids is 2. The van der Waals surface area contributed by atoms with Crippen LogP contribution in [0.15, 0.2) is 36.4 Å². The molecule has 0 spiro atoms. The van der Waals surface area contributed by atoms with Crippen molar-refractivity contribution in [3.63, 3.8) is 0 Å². The highest BCUT2D eigenvalue weighted by molar-refractivity contribution is 6.42. The van der Waals surface area contributed by atoms with Crippen molar-refractivity contribution in [1.29, 1.82) is 0 Å². The third-order valence-corrected chi connectivity index (χ3v) is 5.23. The summed E-state index contributed by atoms with van der Waals surface area (Å²) in [6.07, 6.45) is 0.680. The predicted octanol–water partition coefficient (Wildman–Crippen LogP) is 3.92. The minimum atomic E-state index is -0.934. The van der Waals surface area contributed by atoms with Crippen LogP contribution in [-0.4, -0.2) is 24.9 Å². The molecular formula is C19H16Cl2F2N2O2. The third-order valence-electron chi connectivity index (χ3n) is 4.39. The highest BCUT2D eigenvalue weighted by atomic mass is 35.5. The molecule has 4 nitrogen and oxygen atoms in total. The van der Waals surface area contributed by atoms with E-state index in [1.807, 2.05) is 6.07 Å². The Bertz CT molecular complexity index is 892. The lowest BCUT2D eigenvalue weighted by molar-refractivity contribution is -0.122. The maximum absolute atomic E-state index is 13.5. The van der Waals surface area contributed by atoms with Crippen LogP contribution in [0.3, 0.4) is 0 Å². The predicted molar refractivity (Wildman–Crippen MR) is 99.0 cm³/mol. The van der Waals surface area contributed by atoms with Crippen LogP contribution in [0.2, 0.25) is 10.0 Å². The highest BCUT2D eigenvalue weighted by Gasteiger charge is 2.44. The van der Waals surface area contributed by atoms with Gasteiger partial charge in [-0.15, -0.1) is 0 Å². The topological polar surface area (TPSA) is 58.2 Å². The SMILES string of the molecule is O=C(NCCNC(=O)C1CC1c1cccc(Cl)c1Cl)c1ccc(F)cc1F. The number of hydrogen-bond donors (Lipinski definition) is 2. The average molecular weight is 413 g/mol. The van der Waals surface area contributed by atoms with Gasteiger partial charge in [0.15, 0.2) is 0 Å². The molecule has 2 aromatic rings. The molecule has 2 amide bonds. The van der Waals surface area contributed by atoms with Crippen molar-refractivity contribution in [2.45, 2.75) is 12.3 Å². The van der Waals surface area contributed by atoms with Crippen LogP contribution in [0.25, 0.3) is 0 Å². The van der Waals surface area contributed by atoms with Gasteiger partial charge in [0.25, 0.3) is 5.91 Å². The molecule has 0 aliphatic heterocycles. The number of carbonyl (C=O) groups is 2. The Morgan fingerprint density at radius 3 is 2.56 bits per heavy atom. The van der Waals surface area contributed by atoms with Crippen LogP contribution in [0.1, 0.15) is 28.3 Å². The second-order valence-electron chi connectivity index (χ2n) is 6.26. The van der Waals surface area contributed by atoms with Crippen LogP contribution >= 0.6 is 23.2 Å². The summed E-state index contributed by atoms with van der Waals surface area (Å²) < 4.78 is 26.4. The molecule has 2 N–H and O–H groups in total. The Labute approximate surface area is 164 Å². The third kappa shape index (κ3) is 4.57. The number of hydrogen-bond acceptors (Lipinski definition) is 2. The normalized spacial score (nSPS) is 18.1. The van der Waals surface area contributed by atoms with Gasteiger partial charge in [0, 0.05) is 25.1 Å². The molecule has 1 aliphatic rings. The van der Waals surface area contributed by atoms with Crippen molar-refractivity contribution < 1.29 is 18.4 Å². The van der Waals surface area contributed by atoms with Crippen molar-refractivity contribution in [3.05, 3.63) is 69.2 Å². The summed E-state index contributed by atoms with van der Waals surface area (Å²) in [4.78, 5) is 24.1. The summed E-state index contributed by atoms with van der Waals surface area (Å²) in [5.74, 6) is -2.66. The van der Waals surface area contributed by atoms with E-state index in [4.69, 9.17) is 23.2 Å². The molecule has 0 bridgehead atoms. The molecule has 1 fully saturated rings. The van der Waals surface area contributed by atoms with Crippen LogP contribution in [0, 0.1) is 17.6 Å². The quantitative estimate of drug-likeness (QED) is 0.706. The molecule has 2 unspecified atom stereocenters. The smallest absolute Gasteiger partial charge is 0.254 e. The Morgan fingerprint density at radius 2 is 1.81 bits per heavy atom. The summed E-state index contributed by atoms with van der Waals surface area (Å²) in [5.41, 5.74) is 0.602. The lowest BCUT2D eigenvalue weighted by atomic mass is 10.1. The van der Waals surface area contributed by atoms with Gasteiger partial charge in [-0.3, -0.25) is 9.59 Å². The van der Waals surface area contributed by atoms with E-state index in [0.717, 1.165) is 17.7 Å². The molecule has 2 atom stereocenters. The molecule has 8 heteroatoms. The number of rotatable bonds is 6. The van der Waals surface area contributed by atoms with Gasteiger partial charge < -0.3 is 10.6 Å². The lowest BCUT2D eigenvalue weighted by Crippen LogP contribution is -2.35. The van der Waals surface area contributed by atoms with Crippen molar-refractivity contribution in [2.75, 3.05) is 13.1 Å². The first-order chi connectivity index (χ1) is 12.9. The molecule has 3 rings (SSSR count). The van der Waals surface area contributed by atoms with Crippen molar-refractivity contribution in [3.8, 4) is 0 Å². The Balaban J connectivity index is 1.44. The van der Waals surface area contributed by atoms with Crippen LogP contribution in [0.4, 0.5) is 8.78 Å². The van der Waals surface area contributed by atoms with Crippen molar-refractivity contribution >= 4 is 35.0 Å². The zero-order chi connectivity index (χ0) is 19.6. The maximum Gasteiger partial charge on any atom is 0.254 e. The molecule has 142 valence electrons. The number of benzene rings is 2. The summed E-state index contributed by atoms with van der Waals surface area (Å²) in [6.45, 7) is 0.316. The lowest BCUT2D eigenvalue weighted by Gasteiger charge is -2.08. The number of halogens is 4. The maximum atomic E-state index is 13.5. The minimum Gasteiger partial charge on any atom is -0.354 e. The summed E-state index contributed by atoms with van der Waals surface area (Å²) in [7, 11) is 0. The molecule has 1 saturated carbocycles. The van der Waals surface area contributed by atoms with E-state index in [1.54, 1.807) is 12.1 Å². The first-order valence-corrected chi connectivity index (χ1v) is 9.09. The molecule has 0 heterocycles. The second-order valence-corrected chi connectivity index (χ2v) is 7.05. The first-order valence-electron chi connectivity index (χ1n) is 8.33. The fourth-order valence-electron chi connectivity index (χ4n) is 2.90. The van der Waals surface area contributed by atoms with Gasteiger partial charge in [-0.1, -0.05) is 35.3 Å². The highest BCUT2D eigenvalue weighted by Crippen LogP contribution is 2.50. The largest absolute Gasteiger partial charge is 0.354 e. The van der Waals surface area contributed by atoms with Gasteiger partial charge in [0.2, 0.25) is 5.91 Å². The minimum absolute atomic E-state index is 0.0269. The first kappa shape index (κ1) is 19.6. The Hall–Kier alpha value is -2.18. The zero-order valence-electron chi connectivity index (χ0n) is 14.1. The summed E-state index contributed by atoms with van der Waals surface area (Å²) in [5, 5.41) is 6.12. The fraction of sp³-hybridized carbons (Fsp3) is 0.263. The molecule has 2 aromatic carbocycles. The summed E-state index contributed by atoms with van der Waals surface area (Å²) in [6, 6.07) is 8.06. The molecule has 1 aliphatic carbocycles. The summed E-state index contributed by atoms with van der Waals surface area (Å²) >= 11 is 12.2. The van der Waals surface area contributed by atoms with Crippen molar-refractivity contribution in [2.24, 2.45) is 5.92 Å². The number of nitrogens with one attached hydrogen (secondary N) is 2. The van der Waals surface area contributed by atoms with E-state index in [2.05, 4.69) is 10.6 Å². The van der Waals surface area contributed by atoms with Crippen LogP contribution in [-0.2, 0) is 4.79 Å². The van der Waals surface area contributed by atoms with Gasteiger partial charge in [-0.05, 0) is 36.1 Å². The molecular weight excluding hydrogens is 397 g/mol. The second kappa shape index (κ2) is 8.23. The molecule has 0 saturated heterocycles. The van der Waals surface area contributed by atoms with Gasteiger partial charge in [-0.25, -0.2) is 8.78 Å². The van der Waals surface area contributed by atoms with Gasteiger partial charge in [-0.2, -0.15) is 0 Å².